The van der Waals surface area contributed by atoms with E-state index < -0.39 is 74.7 Å². The maximum absolute atomic E-state index is 11.1. The second kappa shape index (κ2) is 26.9. The Kier molecular flexibility index (Phi) is 35.9. The third-order valence-corrected chi connectivity index (χ3v) is 3.58. The summed E-state index contributed by atoms with van der Waals surface area (Å²) < 4.78 is 29.7. The van der Waals surface area contributed by atoms with Crippen LogP contribution in [0.4, 0.5) is 0 Å². The smallest absolute Gasteiger partial charge is 0.547 e. The summed E-state index contributed by atoms with van der Waals surface area (Å²) in [5, 5.41) is 44.6. The van der Waals surface area contributed by atoms with E-state index in [1.165, 1.54) is 0 Å². The van der Waals surface area contributed by atoms with E-state index in [-0.39, 0.29) is 93.2 Å². The molecule has 0 saturated carbocycles. The van der Waals surface area contributed by atoms with Gasteiger partial charge in [-0.15, -0.1) is 0 Å². The Bertz CT molecular complexity index is 509. The van der Waals surface area contributed by atoms with Crippen LogP contribution in [0.15, 0.2) is 0 Å². The van der Waals surface area contributed by atoms with Crippen LogP contribution in [0, 0.1) is 0 Å². The number of carboxylic acid groups (broad SMARTS) is 4. The standard InChI is InChI=1S/C16H24O14.4H3N.2Pt/c17-13(18)9-10(14(19)20)29-7-3-26-4-8-30-12(16(23)24)11(15(21)22)28-6-2-25-1-5-27-9;;;;;;/h9-12H,1-8H2,(H,17,18)(H,19,20)(H,21,22)(H,23,24);4*1H3;;/q;;;;;2*+2/p-4. The quantitative estimate of drug-likeness (QED) is 0.204. The fourth-order valence-corrected chi connectivity index (χ4v) is 2.26. The Balaban J connectivity index is -0.000000375. The first-order chi connectivity index (χ1) is 14.3. The predicted octanol–water partition coefficient (Wildman–Crippen LogP) is -6.78. The summed E-state index contributed by atoms with van der Waals surface area (Å²) in [4.78, 5) is 44.6. The van der Waals surface area contributed by atoms with Crippen molar-refractivity contribution in [2.24, 2.45) is 0 Å². The van der Waals surface area contributed by atoms with Gasteiger partial charge in [0.2, 0.25) is 0 Å². The Labute approximate surface area is 235 Å². The zero-order valence-electron chi connectivity index (χ0n) is 19.1. The number of hydrogen-bond acceptors (Lipinski definition) is 18. The van der Waals surface area contributed by atoms with E-state index in [0.29, 0.717) is 0 Å². The molecule has 1 aliphatic heterocycles. The summed E-state index contributed by atoms with van der Waals surface area (Å²) in [5.41, 5.74) is 0. The molecule has 220 valence electrons. The van der Waals surface area contributed by atoms with Crippen LogP contribution in [0.2, 0.25) is 0 Å². The summed E-state index contributed by atoms with van der Waals surface area (Å²) in [6.07, 6.45) is -7.93. The van der Waals surface area contributed by atoms with Gasteiger partial charge in [-0.25, -0.2) is 0 Å². The molecular formula is C16H32N4O14Pt2. The monoisotopic (exact) mass is 894 g/mol. The van der Waals surface area contributed by atoms with Crippen molar-refractivity contribution in [3.63, 3.8) is 0 Å². The molecule has 36 heavy (non-hydrogen) atoms. The average molecular weight is 895 g/mol. The Morgan fingerprint density at radius 3 is 0.722 bits per heavy atom. The number of carbonyl (C=O) groups excluding carboxylic acids is 4. The molecule has 0 aromatic heterocycles. The molecule has 0 amide bonds. The van der Waals surface area contributed by atoms with Crippen LogP contribution in [-0.2, 0) is 89.7 Å². The number of rotatable bonds is 4. The van der Waals surface area contributed by atoms with Crippen LogP contribution >= 0.6 is 0 Å². The van der Waals surface area contributed by atoms with Crippen molar-refractivity contribution < 1.29 is 110 Å². The molecule has 1 rings (SSSR count). The number of hydrogen-bond donors (Lipinski definition) is 4. The van der Waals surface area contributed by atoms with E-state index in [2.05, 4.69) is 0 Å². The minimum Gasteiger partial charge on any atom is -0.547 e. The first-order valence-corrected chi connectivity index (χ1v) is 8.71. The van der Waals surface area contributed by atoms with E-state index in [9.17, 15) is 39.6 Å². The molecule has 0 bridgehead atoms. The van der Waals surface area contributed by atoms with Gasteiger partial charge in [-0.1, -0.05) is 0 Å². The molecule has 1 fully saturated rings. The van der Waals surface area contributed by atoms with Crippen molar-refractivity contribution in [1.29, 1.82) is 0 Å². The van der Waals surface area contributed by atoms with Gasteiger partial charge in [0, 0.05) is 0 Å². The average Bonchev–Trinajstić information content (AvgIpc) is 2.66. The fourth-order valence-electron chi connectivity index (χ4n) is 2.26. The van der Waals surface area contributed by atoms with Crippen molar-refractivity contribution >= 4 is 23.9 Å². The minimum absolute atomic E-state index is 0. The first kappa shape index (κ1) is 48.0. The van der Waals surface area contributed by atoms with E-state index in [1.54, 1.807) is 0 Å². The maximum atomic E-state index is 11.1. The van der Waals surface area contributed by atoms with Gasteiger partial charge in [0.05, 0.1) is 76.7 Å². The minimum atomic E-state index is -1.98. The van der Waals surface area contributed by atoms with Crippen molar-refractivity contribution in [2.75, 3.05) is 52.9 Å². The van der Waals surface area contributed by atoms with Crippen molar-refractivity contribution in [3.05, 3.63) is 0 Å². The molecule has 0 aromatic rings. The second-order valence-electron chi connectivity index (χ2n) is 5.67. The van der Waals surface area contributed by atoms with E-state index in [0.717, 1.165) is 0 Å². The second-order valence-corrected chi connectivity index (χ2v) is 5.67. The fraction of sp³-hybridized carbons (Fsp3) is 0.750. The van der Waals surface area contributed by atoms with Gasteiger partial charge in [-0.05, 0) is 0 Å². The van der Waals surface area contributed by atoms with Crippen molar-refractivity contribution in [3.8, 4) is 0 Å². The summed E-state index contributed by atoms with van der Waals surface area (Å²) in [6, 6.07) is 0. The largest absolute Gasteiger partial charge is 2.00 e. The molecule has 0 aromatic carbocycles. The molecule has 1 aliphatic rings. The Morgan fingerprint density at radius 2 is 0.583 bits per heavy atom. The molecule has 0 radical (unpaired) electrons. The molecule has 4 atom stereocenters. The summed E-state index contributed by atoms with van der Waals surface area (Å²) in [5.74, 6) is -7.38. The van der Waals surface area contributed by atoms with Gasteiger partial charge in [-0.3, -0.25) is 0 Å². The van der Waals surface area contributed by atoms with Crippen LogP contribution in [-0.4, -0.2) is 101 Å². The number of aliphatic carboxylic acids is 4. The van der Waals surface area contributed by atoms with Gasteiger partial charge in [-0.2, -0.15) is 0 Å². The Hall–Kier alpha value is -1.14. The molecule has 18 nitrogen and oxygen atoms in total. The normalized spacial score (nSPS) is 23.8. The number of ether oxygens (including phenoxy) is 6. The number of carbonyl (C=O) groups is 4. The van der Waals surface area contributed by atoms with Crippen molar-refractivity contribution in [2.45, 2.75) is 24.4 Å². The molecule has 0 spiro atoms. The summed E-state index contributed by atoms with van der Waals surface area (Å²) in [6.45, 7) is -2.54. The van der Waals surface area contributed by atoms with Gasteiger partial charge in [0.1, 0.15) is 24.4 Å². The van der Waals surface area contributed by atoms with Crippen LogP contribution in [0.3, 0.4) is 0 Å². The van der Waals surface area contributed by atoms with E-state index in [4.69, 9.17) is 28.4 Å². The van der Waals surface area contributed by atoms with Crippen LogP contribution in [0.1, 0.15) is 0 Å². The SMILES string of the molecule is N.N.N.N.O=C([O-])C1OCCOCCOC(C(=O)[O-])C(C(=O)[O-])OCCOCCOC1C(=O)[O-].[Pt+2].[Pt+2]. The van der Waals surface area contributed by atoms with Crippen molar-refractivity contribution in [1.82, 2.24) is 24.6 Å². The topological polar surface area (TPSA) is 356 Å². The van der Waals surface area contributed by atoms with Gasteiger partial charge in [0.15, 0.2) is 0 Å². The molecular weight excluding hydrogens is 862 g/mol. The maximum Gasteiger partial charge on any atom is 2.00 e. The predicted molar refractivity (Wildman–Crippen MR) is 101 cm³/mol. The van der Waals surface area contributed by atoms with E-state index >= 15 is 0 Å². The molecule has 4 unspecified atom stereocenters. The van der Waals surface area contributed by atoms with E-state index in [1.807, 2.05) is 0 Å². The number of carboxylic acids is 4. The Morgan fingerprint density at radius 1 is 0.417 bits per heavy atom. The molecule has 1 saturated heterocycles. The summed E-state index contributed by atoms with van der Waals surface area (Å²) >= 11 is 0. The van der Waals surface area contributed by atoms with Crippen LogP contribution in [0.5, 0.6) is 0 Å². The molecule has 1 heterocycles. The van der Waals surface area contributed by atoms with Crippen LogP contribution < -0.4 is 45.0 Å². The zero-order valence-corrected chi connectivity index (χ0v) is 23.7. The molecule has 12 N–H and O–H groups in total. The molecule has 20 heteroatoms. The third-order valence-electron chi connectivity index (χ3n) is 3.58. The van der Waals surface area contributed by atoms with Gasteiger partial charge < -0.3 is 92.6 Å². The zero-order chi connectivity index (χ0) is 22.5. The van der Waals surface area contributed by atoms with Crippen LogP contribution in [0.25, 0.3) is 0 Å². The van der Waals surface area contributed by atoms with Gasteiger partial charge >= 0.3 is 42.1 Å². The van der Waals surface area contributed by atoms with Gasteiger partial charge in [0.25, 0.3) is 0 Å². The summed E-state index contributed by atoms with van der Waals surface area (Å²) in [7, 11) is 0. The third kappa shape index (κ3) is 18.2. The first-order valence-electron chi connectivity index (χ1n) is 8.71. The molecule has 0 aliphatic carbocycles.